The van der Waals surface area contributed by atoms with Crippen molar-refractivity contribution in [2.75, 3.05) is 25.1 Å². The van der Waals surface area contributed by atoms with Crippen LogP contribution in [0.3, 0.4) is 0 Å². The van der Waals surface area contributed by atoms with E-state index in [9.17, 15) is 9.18 Å². The average Bonchev–Trinajstić information content (AvgIpc) is 3.49. The van der Waals surface area contributed by atoms with Crippen LogP contribution in [0.15, 0.2) is 97.2 Å². The highest BCUT2D eigenvalue weighted by Crippen LogP contribution is 2.31. The second kappa shape index (κ2) is 14.2. The third-order valence-corrected chi connectivity index (χ3v) is 7.62. The standard InChI is InChI=1S/C35H35FN6O3/c1-23(26-10-6-3-7-11-26)39-35-37-17-16-29(40-35)34-33(27-12-14-28(36)15-13-27)41-30(42-34)19-32-44-21-25(22-45-32)20-38-31(43)18-24-8-4-2-5-9-24/h2-17,23,25,32H,18-22H2,1H3,(H,38,43)(H,41,42)(H,37,39,40). The zero-order chi connectivity index (χ0) is 31.0. The summed E-state index contributed by atoms with van der Waals surface area (Å²) in [6.45, 7) is 3.44. The van der Waals surface area contributed by atoms with Gasteiger partial charge in [0.1, 0.15) is 11.6 Å². The number of carbonyl (C=O) groups is 1. The first-order chi connectivity index (χ1) is 22.0. The van der Waals surface area contributed by atoms with Crippen molar-refractivity contribution in [1.29, 1.82) is 0 Å². The lowest BCUT2D eigenvalue weighted by Gasteiger charge is -2.29. The fourth-order valence-corrected chi connectivity index (χ4v) is 5.19. The Morgan fingerprint density at radius 3 is 2.40 bits per heavy atom. The van der Waals surface area contributed by atoms with Crippen molar-refractivity contribution in [3.63, 3.8) is 0 Å². The normalized spacial score (nSPS) is 17.0. The molecule has 9 nitrogen and oxygen atoms in total. The lowest BCUT2D eigenvalue weighted by atomic mass is 10.1. The Morgan fingerprint density at radius 2 is 1.67 bits per heavy atom. The Bertz CT molecular complexity index is 1690. The maximum atomic E-state index is 13.8. The van der Waals surface area contributed by atoms with E-state index in [0.717, 1.165) is 16.7 Å². The topological polar surface area (TPSA) is 114 Å². The molecule has 3 N–H and O–H groups in total. The highest BCUT2D eigenvalue weighted by molar-refractivity contribution is 5.78. The van der Waals surface area contributed by atoms with Crippen molar-refractivity contribution >= 4 is 11.9 Å². The SMILES string of the molecule is CC(Nc1nccc(-c2[nH]c(CC3OCC(CNC(=O)Cc4ccccc4)CO3)nc2-c2ccc(F)cc2)n1)c1ccccc1. The highest BCUT2D eigenvalue weighted by atomic mass is 19.1. The number of nitrogens with zero attached hydrogens (tertiary/aromatic N) is 3. The second-order valence-corrected chi connectivity index (χ2v) is 11.1. The molecule has 230 valence electrons. The Labute approximate surface area is 261 Å². The maximum Gasteiger partial charge on any atom is 0.224 e. The van der Waals surface area contributed by atoms with E-state index < -0.39 is 6.29 Å². The van der Waals surface area contributed by atoms with Crippen LogP contribution in [0, 0.1) is 11.7 Å². The predicted molar refractivity (Wildman–Crippen MR) is 170 cm³/mol. The molecule has 0 saturated carbocycles. The minimum atomic E-state index is -0.504. The number of rotatable bonds is 11. The molecule has 2 aromatic heterocycles. The zero-order valence-corrected chi connectivity index (χ0v) is 24.9. The summed E-state index contributed by atoms with van der Waals surface area (Å²) in [5.74, 6) is 0.820. The van der Waals surface area contributed by atoms with Gasteiger partial charge in [-0.05, 0) is 48.4 Å². The number of aromatic amines is 1. The number of benzene rings is 3. The number of ether oxygens (including phenoxy) is 2. The number of imidazole rings is 1. The van der Waals surface area contributed by atoms with E-state index in [1.807, 2.05) is 54.6 Å². The van der Waals surface area contributed by atoms with Gasteiger partial charge in [-0.3, -0.25) is 4.79 Å². The number of carbonyl (C=O) groups excluding carboxylic acids is 1. The van der Waals surface area contributed by atoms with E-state index in [1.165, 1.54) is 12.1 Å². The molecule has 1 saturated heterocycles. The largest absolute Gasteiger partial charge is 0.355 e. The lowest BCUT2D eigenvalue weighted by Crippen LogP contribution is -2.40. The summed E-state index contributed by atoms with van der Waals surface area (Å²) in [5.41, 5.74) is 4.80. The van der Waals surface area contributed by atoms with E-state index in [2.05, 4.69) is 39.7 Å². The first-order valence-corrected chi connectivity index (χ1v) is 15.0. The van der Waals surface area contributed by atoms with Crippen molar-refractivity contribution in [2.45, 2.75) is 32.1 Å². The maximum absolute atomic E-state index is 13.8. The summed E-state index contributed by atoms with van der Waals surface area (Å²) in [7, 11) is 0. The summed E-state index contributed by atoms with van der Waals surface area (Å²) in [4.78, 5) is 29.8. The summed E-state index contributed by atoms with van der Waals surface area (Å²) in [6.07, 6.45) is 1.91. The van der Waals surface area contributed by atoms with Crippen LogP contribution >= 0.6 is 0 Å². The van der Waals surface area contributed by atoms with Crippen molar-refractivity contribution in [3.8, 4) is 22.6 Å². The first kappa shape index (κ1) is 30.1. The van der Waals surface area contributed by atoms with Gasteiger partial charge in [-0.1, -0.05) is 60.7 Å². The van der Waals surface area contributed by atoms with E-state index in [0.29, 0.717) is 61.5 Å². The molecule has 45 heavy (non-hydrogen) atoms. The highest BCUT2D eigenvalue weighted by Gasteiger charge is 2.25. The number of anilines is 1. The molecular formula is C35H35FN6O3. The van der Waals surface area contributed by atoms with Crippen molar-refractivity contribution in [2.24, 2.45) is 5.92 Å². The minimum absolute atomic E-state index is 0.00282. The van der Waals surface area contributed by atoms with E-state index in [4.69, 9.17) is 19.4 Å². The summed E-state index contributed by atoms with van der Waals surface area (Å²) >= 11 is 0. The molecule has 1 amide bonds. The van der Waals surface area contributed by atoms with Gasteiger partial charge in [0.2, 0.25) is 11.9 Å². The average molecular weight is 607 g/mol. The van der Waals surface area contributed by atoms with Crippen LogP contribution < -0.4 is 10.6 Å². The Morgan fingerprint density at radius 1 is 0.956 bits per heavy atom. The molecule has 1 aliphatic rings. The number of amides is 1. The molecule has 5 aromatic rings. The van der Waals surface area contributed by atoms with Crippen molar-refractivity contribution in [3.05, 3.63) is 120 Å². The summed E-state index contributed by atoms with van der Waals surface area (Å²) in [6, 6.07) is 27.7. The van der Waals surface area contributed by atoms with E-state index in [1.54, 1.807) is 18.3 Å². The van der Waals surface area contributed by atoms with Crippen molar-refractivity contribution in [1.82, 2.24) is 25.3 Å². The number of nitrogens with one attached hydrogen (secondary N) is 3. The molecule has 0 bridgehead atoms. The first-order valence-electron chi connectivity index (χ1n) is 15.0. The quantitative estimate of drug-likeness (QED) is 0.176. The zero-order valence-electron chi connectivity index (χ0n) is 24.9. The van der Waals surface area contributed by atoms with Gasteiger partial charge >= 0.3 is 0 Å². The molecule has 1 fully saturated rings. The molecule has 1 unspecified atom stereocenters. The van der Waals surface area contributed by atoms with Gasteiger partial charge in [-0.2, -0.15) is 0 Å². The lowest BCUT2D eigenvalue weighted by molar-refractivity contribution is -0.198. The smallest absolute Gasteiger partial charge is 0.224 e. The van der Waals surface area contributed by atoms with Crippen LogP contribution in [-0.2, 0) is 27.1 Å². The van der Waals surface area contributed by atoms with Crippen molar-refractivity contribution < 1.29 is 18.7 Å². The van der Waals surface area contributed by atoms with Crippen LogP contribution in [-0.4, -0.2) is 51.9 Å². The van der Waals surface area contributed by atoms with Crippen LogP contribution in [0.5, 0.6) is 0 Å². The van der Waals surface area contributed by atoms with Gasteiger partial charge < -0.3 is 25.1 Å². The summed E-state index contributed by atoms with van der Waals surface area (Å²) in [5, 5.41) is 6.35. The fourth-order valence-electron chi connectivity index (χ4n) is 5.19. The predicted octanol–water partition coefficient (Wildman–Crippen LogP) is 5.74. The van der Waals surface area contributed by atoms with Gasteiger partial charge in [0.25, 0.3) is 0 Å². The van der Waals surface area contributed by atoms with E-state index in [-0.39, 0.29) is 23.7 Å². The van der Waals surface area contributed by atoms with E-state index >= 15 is 0 Å². The van der Waals surface area contributed by atoms with Crippen LogP contribution in [0.25, 0.3) is 22.6 Å². The number of hydrogen-bond donors (Lipinski definition) is 3. The molecule has 0 radical (unpaired) electrons. The third kappa shape index (κ3) is 7.97. The number of H-pyrrole nitrogens is 1. The minimum Gasteiger partial charge on any atom is -0.355 e. The van der Waals surface area contributed by atoms with Crippen LogP contribution in [0.1, 0.15) is 29.9 Å². The van der Waals surface area contributed by atoms with Crippen LogP contribution in [0.4, 0.5) is 10.3 Å². The fraction of sp³-hybridized carbons (Fsp3) is 0.257. The molecule has 3 aromatic carbocycles. The number of halogens is 1. The third-order valence-electron chi connectivity index (χ3n) is 7.62. The van der Waals surface area contributed by atoms with Crippen LogP contribution in [0.2, 0.25) is 0 Å². The van der Waals surface area contributed by atoms with Gasteiger partial charge in [-0.25, -0.2) is 19.3 Å². The Hall–Kier alpha value is -4.93. The molecule has 6 rings (SSSR count). The number of hydrogen-bond acceptors (Lipinski definition) is 7. The van der Waals surface area contributed by atoms with Gasteiger partial charge in [0.05, 0.1) is 49.2 Å². The molecule has 0 aliphatic carbocycles. The van der Waals surface area contributed by atoms with Gasteiger partial charge in [0, 0.05) is 24.2 Å². The number of aromatic nitrogens is 4. The van der Waals surface area contributed by atoms with Gasteiger partial charge in [0.15, 0.2) is 6.29 Å². The molecule has 10 heteroatoms. The molecule has 1 atom stereocenters. The molecule has 0 spiro atoms. The molecule has 3 heterocycles. The molecule has 1 aliphatic heterocycles. The monoisotopic (exact) mass is 606 g/mol. The second-order valence-electron chi connectivity index (χ2n) is 11.1. The molecular weight excluding hydrogens is 571 g/mol. The Balaban J connectivity index is 1.12. The van der Waals surface area contributed by atoms with Gasteiger partial charge in [-0.15, -0.1) is 0 Å². The summed E-state index contributed by atoms with van der Waals surface area (Å²) < 4.78 is 25.8. The Kier molecular flexibility index (Phi) is 9.53.